The molecule has 0 saturated heterocycles. The Kier molecular flexibility index (Phi) is 2.54. The number of halogens is 3. The molecule has 0 amide bonds. The Balaban J connectivity index is 3.05. The lowest BCUT2D eigenvalue weighted by Crippen LogP contribution is -2.18. The van der Waals surface area contributed by atoms with Crippen LogP contribution < -0.4 is 10.4 Å². The fourth-order valence-electron chi connectivity index (χ4n) is 0.618. The summed E-state index contributed by atoms with van der Waals surface area (Å²) >= 11 is 10.8. The van der Waals surface area contributed by atoms with Crippen molar-refractivity contribution in [3.63, 3.8) is 0 Å². The van der Waals surface area contributed by atoms with E-state index in [0.717, 1.165) is 4.53 Å². The van der Waals surface area contributed by atoms with Gasteiger partial charge in [-0.25, -0.2) is 14.8 Å². The van der Waals surface area contributed by atoms with Gasteiger partial charge in [0.15, 0.2) is 0 Å². The van der Waals surface area contributed by atoms with Crippen LogP contribution in [0, 0.1) is 5.82 Å². The summed E-state index contributed by atoms with van der Waals surface area (Å²) in [5, 5.41) is -0.00130. The summed E-state index contributed by atoms with van der Waals surface area (Å²) in [6.45, 7) is 0. The highest BCUT2D eigenvalue weighted by atomic mass is 35.5. The van der Waals surface area contributed by atoms with E-state index in [2.05, 4.69) is 0 Å². The topological polar surface area (TPSA) is 29.3 Å². The van der Waals surface area contributed by atoms with Crippen LogP contribution in [0.2, 0.25) is 5.02 Å². The number of nitrogens with zero attached hydrogens (tertiary/aromatic N) is 1. The number of hydrogen-bond acceptors (Lipinski definition) is 2. The molecule has 2 N–H and O–H groups in total. The van der Waals surface area contributed by atoms with Gasteiger partial charge in [0, 0.05) is 11.8 Å². The van der Waals surface area contributed by atoms with E-state index in [1.165, 1.54) is 18.2 Å². The number of anilines is 1. The lowest BCUT2D eigenvalue weighted by Gasteiger charge is -2.07. The van der Waals surface area contributed by atoms with Crippen molar-refractivity contribution in [3.05, 3.63) is 29.0 Å². The van der Waals surface area contributed by atoms with Crippen LogP contribution in [0.15, 0.2) is 18.2 Å². The zero-order chi connectivity index (χ0) is 8.43. The van der Waals surface area contributed by atoms with Crippen molar-refractivity contribution in [1.29, 1.82) is 0 Å². The summed E-state index contributed by atoms with van der Waals surface area (Å²) in [4.78, 5) is 0. The largest absolute Gasteiger partial charge is 0.232 e. The molecular weight excluding hydrogens is 190 g/mol. The molecule has 0 saturated carbocycles. The number of hydrogen-bond donors (Lipinski definition) is 1. The third-order valence-corrected chi connectivity index (χ3v) is 1.63. The second kappa shape index (κ2) is 3.26. The molecule has 0 aliphatic carbocycles. The van der Waals surface area contributed by atoms with Crippen LogP contribution in [0.5, 0.6) is 0 Å². The molecule has 60 valence electrons. The molecular formula is C6H5Cl2FN2. The molecule has 1 aromatic rings. The van der Waals surface area contributed by atoms with E-state index in [-0.39, 0.29) is 5.02 Å². The zero-order valence-electron chi connectivity index (χ0n) is 5.39. The van der Waals surface area contributed by atoms with Gasteiger partial charge in [-0.1, -0.05) is 11.6 Å². The third kappa shape index (κ3) is 1.96. The highest BCUT2D eigenvalue weighted by molar-refractivity contribution is 6.31. The number of benzene rings is 1. The quantitative estimate of drug-likeness (QED) is 0.423. The number of nitrogens with two attached hydrogens (primary N) is 1. The maximum Gasteiger partial charge on any atom is 0.141 e. The molecule has 0 bridgehead atoms. The first-order valence-corrected chi connectivity index (χ1v) is 3.48. The van der Waals surface area contributed by atoms with E-state index in [0.29, 0.717) is 5.69 Å². The second-order valence-electron chi connectivity index (χ2n) is 1.91. The Morgan fingerprint density at radius 1 is 1.45 bits per heavy atom. The summed E-state index contributed by atoms with van der Waals surface area (Å²) in [5.74, 6) is 4.66. The Morgan fingerprint density at radius 3 is 2.55 bits per heavy atom. The monoisotopic (exact) mass is 194 g/mol. The van der Waals surface area contributed by atoms with Crippen molar-refractivity contribution in [3.8, 4) is 0 Å². The smallest absolute Gasteiger partial charge is 0.141 e. The first-order chi connectivity index (χ1) is 5.11. The normalized spacial score (nSPS) is 9.82. The molecule has 0 radical (unpaired) electrons. The maximum absolute atomic E-state index is 12.5. The summed E-state index contributed by atoms with van der Waals surface area (Å²) < 4.78 is 13.4. The van der Waals surface area contributed by atoms with E-state index >= 15 is 0 Å². The van der Waals surface area contributed by atoms with Gasteiger partial charge in [0.1, 0.15) is 5.82 Å². The minimum atomic E-state index is -0.492. The highest BCUT2D eigenvalue weighted by Crippen LogP contribution is 2.21. The van der Waals surface area contributed by atoms with Crippen LogP contribution in [-0.2, 0) is 0 Å². The van der Waals surface area contributed by atoms with Gasteiger partial charge in [-0.15, -0.1) is 0 Å². The fraction of sp³-hybridized carbons (Fsp3) is 0. The summed E-state index contributed by atoms with van der Waals surface area (Å²) in [7, 11) is 0. The second-order valence-corrected chi connectivity index (χ2v) is 2.68. The molecule has 0 heterocycles. The van der Waals surface area contributed by atoms with Crippen LogP contribution in [-0.4, -0.2) is 0 Å². The van der Waals surface area contributed by atoms with Gasteiger partial charge in [-0.3, -0.25) is 0 Å². The standard InChI is InChI=1S/C6H5Cl2FN2/c7-5-3-4(11(8)10)1-2-6(5)9/h1-3H,10H2. The average Bonchev–Trinajstić information content (AvgIpc) is 1.94. The predicted octanol–water partition coefficient (Wildman–Crippen LogP) is 2.31. The van der Waals surface area contributed by atoms with Crippen LogP contribution >= 0.6 is 23.4 Å². The SMILES string of the molecule is NN(Cl)c1ccc(F)c(Cl)c1. The minimum Gasteiger partial charge on any atom is -0.232 e. The van der Waals surface area contributed by atoms with Crippen LogP contribution in [0.1, 0.15) is 0 Å². The molecule has 11 heavy (non-hydrogen) atoms. The first kappa shape index (κ1) is 8.59. The Bertz CT molecular complexity index is 265. The Morgan fingerprint density at radius 2 is 2.09 bits per heavy atom. The van der Waals surface area contributed by atoms with Crippen molar-refractivity contribution >= 4 is 29.1 Å². The van der Waals surface area contributed by atoms with Gasteiger partial charge in [0.05, 0.1) is 10.7 Å². The Hall–Kier alpha value is -0.510. The van der Waals surface area contributed by atoms with Gasteiger partial charge in [0.2, 0.25) is 0 Å². The molecule has 0 atom stereocenters. The van der Waals surface area contributed by atoms with E-state index < -0.39 is 5.82 Å². The molecule has 0 aliphatic rings. The van der Waals surface area contributed by atoms with E-state index in [1.54, 1.807) is 0 Å². The molecule has 0 unspecified atom stereocenters. The van der Waals surface area contributed by atoms with Crippen LogP contribution in [0.3, 0.4) is 0 Å². The lowest BCUT2D eigenvalue weighted by molar-refractivity contribution is 0.628. The summed E-state index contributed by atoms with van der Waals surface area (Å²) in [6, 6.07) is 3.96. The van der Waals surface area contributed by atoms with Gasteiger partial charge >= 0.3 is 0 Å². The van der Waals surface area contributed by atoms with Crippen molar-refractivity contribution in [1.82, 2.24) is 0 Å². The van der Waals surface area contributed by atoms with Crippen molar-refractivity contribution < 1.29 is 4.39 Å². The van der Waals surface area contributed by atoms with Crippen molar-refractivity contribution in [2.24, 2.45) is 5.84 Å². The summed E-state index contributed by atoms with van der Waals surface area (Å²) in [5.41, 5.74) is 0.443. The van der Waals surface area contributed by atoms with Gasteiger partial charge < -0.3 is 0 Å². The minimum absolute atomic E-state index is 0.00130. The van der Waals surface area contributed by atoms with E-state index in [9.17, 15) is 4.39 Å². The molecule has 0 aliphatic heterocycles. The molecule has 0 spiro atoms. The highest BCUT2D eigenvalue weighted by Gasteiger charge is 2.02. The van der Waals surface area contributed by atoms with Crippen LogP contribution in [0.4, 0.5) is 10.1 Å². The van der Waals surface area contributed by atoms with Crippen LogP contribution in [0.25, 0.3) is 0 Å². The molecule has 2 nitrogen and oxygen atoms in total. The van der Waals surface area contributed by atoms with E-state index in [1.807, 2.05) is 0 Å². The number of rotatable bonds is 1. The molecule has 5 heteroatoms. The first-order valence-electron chi connectivity index (χ1n) is 2.77. The fourth-order valence-corrected chi connectivity index (χ4v) is 0.898. The molecule has 0 aromatic heterocycles. The number of hydrazine groups is 1. The third-order valence-electron chi connectivity index (χ3n) is 1.15. The zero-order valence-corrected chi connectivity index (χ0v) is 6.90. The van der Waals surface area contributed by atoms with Gasteiger partial charge in [0.25, 0.3) is 0 Å². The predicted molar refractivity (Wildman–Crippen MR) is 43.9 cm³/mol. The molecule has 1 rings (SSSR count). The van der Waals surface area contributed by atoms with Gasteiger partial charge in [-0.2, -0.15) is 0 Å². The lowest BCUT2D eigenvalue weighted by atomic mass is 10.3. The molecule has 0 fully saturated rings. The summed E-state index contributed by atoms with van der Waals surface area (Å²) in [6.07, 6.45) is 0. The van der Waals surface area contributed by atoms with Crippen molar-refractivity contribution in [2.75, 3.05) is 4.53 Å². The molecule has 1 aromatic carbocycles. The Labute approximate surface area is 73.4 Å². The van der Waals surface area contributed by atoms with Gasteiger partial charge in [-0.05, 0) is 18.2 Å². The van der Waals surface area contributed by atoms with Crippen molar-refractivity contribution in [2.45, 2.75) is 0 Å². The van der Waals surface area contributed by atoms with E-state index in [4.69, 9.17) is 29.2 Å². The average molecular weight is 195 g/mol. The maximum atomic E-state index is 12.5.